The molecule has 0 radical (unpaired) electrons. The highest BCUT2D eigenvalue weighted by atomic mass is 35.5. The number of nitrogens with one attached hydrogen (secondary N) is 1. The van der Waals surface area contributed by atoms with E-state index in [0.29, 0.717) is 45.9 Å². The number of ketones is 1. The molecule has 0 saturated heterocycles. The fourth-order valence-corrected chi connectivity index (χ4v) is 3.24. The minimum atomic E-state index is -0.183. The molecule has 1 N–H and O–H groups in total. The zero-order valence-electron chi connectivity index (χ0n) is 15.5. The Balaban J connectivity index is 1.62. The second kappa shape index (κ2) is 8.63. The lowest BCUT2D eigenvalue weighted by Gasteiger charge is -2.10. The van der Waals surface area contributed by atoms with Crippen molar-refractivity contribution >= 4 is 40.7 Å². The van der Waals surface area contributed by atoms with Gasteiger partial charge in [-0.1, -0.05) is 35.3 Å². The van der Waals surface area contributed by atoms with Crippen molar-refractivity contribution in [3.63, 3.8) is 0 Å². The molecule has 1 amide bonds. The Morgan fingerprint density at radius 2 is 2.04 bits per heavy atom. The zero-order chi connectivity index (χ0) is 20.3. The second-order valence-corrected chi connectivity index (χ2v) is 7.16. The van der Waals surface area contributed by atoms with Crippen molar-refractivity contribution in [1.82, 2.24) is 9.78 Å². The largest absolute Gasteiger partial charge is 0.466 e. The minimum Gasteiger partial charge on any atom is -0.466 e. The smallest absolute Gasteiger partial charge is 0.225 e. The Morgan fingerprint density at radius 3 is 2.75 bits per heavy atom. The van der Waals surface area contributed by atoms with Crippen LogP contribution in [0.15, 0.2) is 40.9 Å². The maximum atomic E-state index is 12.3. The number of amides is 1. The van der Waals surface area contributed by atoms with Crippen LogP contribution in [-0.4, -0.2) is 21.5 Å². The predicted molar refractivity (Wildman–Crippen MR) is 108 cm³/mol. The first-order valence-corrected chi connectivity index (χ1v) is 9.45. The average molecular weight is 420 g/mol. The van der Waals surface area contributed by atoms with Gasteiger partial charge < -0.3 is 9.73 Å². The molecule has 0 aliphatic carbocycles. The van der Waals surface area contributed by atoms with Crippen LogP contribution in [0.2, 0.25) is 10.0 Å². The van der Waals surface area contributed by atoms with Crippen LogP contribution in [0.3, 0.4) is 0 Å². The first-order chi connectivity index (χ1) is 13.3. The van der Waals surface area contributed by atoms with E-state index >= 15 is 0 Å². The fraction of sp³-hybridized carbons (Fsp3) is 0.250. The molecule has 6 nitrogen and oxygen atoms in total. The number of carbonyl (C=O) groups is 2. The highest BCUT2D eigenvalue weighted by Gasteiger charge is 2.14. The zero-order valence-corrected chi connectivity index (χ0v) is 17.0. The van der Waals surface area contributed by atoms with Crippen LogP contribution in [0, 0.1) is 6.92 Å². The monoisotopic (exact) mass is 419 g/mol. The van der Waals surface area contributed by atoms with Crippen LogP contribution in [-0.2, 0) is 17.8 Å². The molecular formula is C20H19Cl2N3O3. The molecule has 0 atom stereocenters. The van der Waals surface area contributed by atoms with Crippen molar-refractivity contribution < 1.29 is 14.0 Å². The first kappa shape index (κ1) is 20.2. The molecule has 0 spiro atoms. The molecule has 0 bridgehead atoms. The molecule has 3 aromatic rings. The van der Waals surface area contributed by atoms with Gasteiger partial charge in [0.1, 0.15) is 17.3 Å². The number of carbonyl (C=O) groups excluding carboxylic acids is 2. The van der Waals surface area contributed by atoms with Crippen molar-refractivity contribution in [3.05, 3.63) is 69.2 Å². The number of hydrogen-bond acceptors (Lipinski definition) is 4. The van der Waals surface area contributed by atoms with E-state index in [2.05, 4.69) is 10.4 Å². The van der Waals surface area contributed by atoms with Gasteiger partial charge in [0.25, 0.3) is 0 Å². The summed E-state index contributed by atoms with van der Waals surface area (Å²) in [6.45, 7) is 3.60. The SMILES string of the molecule is CC(=O)c1cc(CCC(=O)Nc2ccnn2Cc2cccc(Cl)c2Cl)oc1C. The van der Waals surface area contributed by atoms with E-state index in [-0.39, 0.29) is 18.1 Å². The van der Waals surface area contributed by atoms with Gasteiger partial charge in [-0.15, -0.1) is 0 Å². The van der Waals surface area contributed by atoms with Gasteiger partial charge in [-0.3, -0.25) is 9.59 Å². The summed E-state index contributed by atoms with van der Waals surface area (Å²) >= 11 is 12.3. The number of nitrogens with zero attached hydrogens (tertiary/aromatic N) is 2. The Kier molecular flexibility index (Phi) is 6.21. The van der Waals surface area contributed by atoms with E-state index in [4.69, 9.17) is 27.6 Å². The van der Waals surface area contributed by atoms with Gasteiger partial charge in [0.05, 0.1) is 28.4 Å². The van der Waals surface area contributed by atoms with Gasteiger partial charge in [-0.25, -0.2) is 4.68 Å². The van der Waals surface area contributed by atoms with Crippen molar-refractivity contribution in [3.8, 4) is 0 Å². The summed E-state index contributed by atoms with van der Waals surface area (Å²) in [4.78, 5) is 23.8. The Labute approximate surface area is 172 Å². The van der Waals surface area contributed by atoms with E-state index < -0.39 is 0 Å². The molecule has 0 aliphatic heterocycles. The number of aromatic nitrogens is 2. The van der Waals surface area contributed by atoms with E-state index in [9.17, 15) is 9.59 Å². The lowest BCUT2D eigenvalue weighted by molar-refractivity contribution is -0.116. The van der Waals surface area contributed by atoms with Gasteiger partial charge in [0, 0.05) is 18.9 Å². The predicted octanol–water partition coefficient (Wildman–Crippen LogP) is 4.91. The summed E-state index contributed by atoms with van der Waals surface area (Å²) < 4.78 is 7.18. The normalized spacial score (nSPS) is 10.9. The first-order valence-electron chi connectivity index (χ1n) is 8.70. The van der Waals surface area contributed by atoms with Crippen molar-refractivity contribution in [2.75, 3.05) is 5.32 Å². The van der Waals surface area contributed by atoms with Crippen molar-refractivity contribution in [1.29, 1.82) is 0 Å². The van der Waals surface area contributed by atoms with Crippen LogP contribution < -0.4 is 5.32 Å². The summed E-state index contributed by atoms with van der Waals surface area (Å²) in [5, 5.41) is 8.00. The van der Waals surface area contributed by atoms with E-state index in [1.807, 2.05) is 12.1 Å². The number of rotatable bonds is 7. The number of benzene rings is 1. The third kappa shape index (κ3) is 4.64. The number of hydrogen-bond donors (Lipinski definition) is 1. The van der Waals surface area contributed by atoms with Gasteiger partial charge in [-0.2, -0.15) is 5.10 Å². The number of furan rings is 1. The standard InChI is InChI=1S/C20H19Cl2N3O3/c1-12(26)16-10-15(28-13(16)2)6-7-19(27)24-18-8-9-23-25(18)11-14-4-3-5-17(21)20(14)22/h3-5,8-10H,6-7,11H2,1-2H3,(H,24,27). The molecule has 8 heteroatoms. The van der Waals surface area contributed by atoms with Gasteiger partial charge in [0.2, 0.25) is 5.91 Å². The van der Waals surface area contributed by atoms with Gasteiger partial charge in [0.15, 0.2) is 5.78 Å². The molecule has 0 unspecified atom stereocenters. The minimum absolute atomic E-state index is 0.0551. The Bertz CT molecular complexity index is 1020. The number of anilines is 1. The molecular weight excluding hydrogens is 401 g/mol. The van der Waals surface area contributed by atoms with Crippen LogP contribution >= 0.6 is 23.2 Å². The molecule has 1 aromatic carbocycles. The quantitative estimate of drug-likeness (QED) is 0.551. The number of Topliss-reactive ketones (excluding diaryl/α,β-unsaturated/α-hetero) is 1. The summed E-state index contributed by atoms with van der Waals surface area (Å²) in [7, 11) is 0. The summed E-state index contributed by atoms with van der Waals surface area (Å²) in [6, 6.07) is 8.78. The van der Waals surface area contributed by atoms with Gasteiger partial charge >= 0.3 is 0 Å². The van der Waals surface area contributed by atoms with E-state index in [0.717, 1.165) is 5.56 Å². The Hall–Kier alpha value is -2.57. The van der Waals surface area contributed by atoms with Crippen LogP contribution in [0.4, 0.5) is 5.82 Å². The van der Waals surface area contributed by atoms with Crippen molar-refractivity contribution in [2.24, 2.45) is 0 Å². The molecule has 0 saturated carbocycles. The lowest BCUT2D eigenvalue weighted by atomic mass is 10.1. The molecule has 146 valence electrons. The second-order valence-electron chi connectivity index (χ2n) is 6.37. The number of aryl methyl sites for hydroxylation is 2. The molecule has 0 aliphatic rings. The van der Waals surface area contributed by atoms with Crippen LogP contribution in [0.5, 0.6) is 0 Å². The average Bonchev–Trinajstić information content (AvgIpc) is 3.23. The van der Waals surface area contributed by atoms with E-state index in [1.54, 1.807) is 36.0 Å². The summed E-state index contributed by atoms with van der Waals surface area (Å²) in [6.07, 6.45) is 2.21. The molecule has 28 heavy (non-hydrogen) atoms. The maximum absolute atomic E-state index is 12.3. The molecule has 3 rings (SSSR count). The third-order valence-electron chi connectivity index (χ3n) is 4.28. The molecule has 0 fully saturated rings. The summed E-state index contributed by atoms with van der Waals surface area (Å²) in [5.74, 6) is 1.50. The summed E-state index contributed by atoms with van der Waals surface area (Å²) in [5.41, 5.74) is 1.35. The molecule has 2 heterocycles. The van der Waals surface area contributed by atoms with Crippen LogP contribution in [0.1, 0.15) is 40.8 Å². The molecule has 2 aromatic heterocycles. The topological polar surface area (TPSA) is 77.1 Å². The number of halogens is 2. The maximum Gasteiger partial charge on any atom is 0.225 e. The van der Waals surface area contributed by atoms with E-state index in [1.165, 1.54) is 6.92 Å². The van der Waals surface area contributed by atoms with Gasteiger partial charge in [-0.05, 0) is 31.5 Å². The third-order valence-corrected chi connectivity index (χ3v) is 5.14. The highest BCUT2D eigenvalue weighted by Crippen LogP contribution is 2.26. The Morgan fingerprint density at radius 1 is 1.25 bits per heavy atom. The van der Waals surface area contributed by atoms with Crippen molar-refractivity contribution in [2.45, 2.75) is 33.2 Å². The lowest BCUT2D eigenvalue weighted by Crippen LogP contribution is -2.16. The van der Waals surface area contributed by atoms with Crippen LogP contribution in [0.25, 0.3) is 0 Å². The highest BCUT2D eigenvalue weighted by molar-refractivity contribution is 6.42. The fourth-order valence-electron chi connectivity index (χ4n) is 2.86.